The van der Waals surface area contributed by atoms with E-state index in [1.54, 1.807) is 0 Å². The lowest BCUT2D eigenvalue weighted by Gasteiger charge is -2.30. The van der Waals surface area contributed by atoms with Crippen LogP contribution in [-0.2, 0) is 9.53 Å². The number of hydrogen-bond acceptors (Lipinski definition) is 3. The van der Waals surface area contributed by atoms with Gasteiger partial charge in [-0.1, -0.05) is 12.8 Å². The molecule has 1 rings (SSSR count). The highest BCUT2D eigenvalue weighted by molar-refractivity contribution is 5.79. The first-order chi connectivity index (χ1) is 6.97. The second kappa shape index (κ2) is 4.97. The summed E-state index contributed by atoms with van der Waals surface area (Å²) >= 11 is 0. The molecule has 0 aromatic heterocycles. The van der Waals surface area contributed by atoms with E-state index in [-0.39, 0.29) is 5.97 Å². The van der Waals surface area contributed by atoms with Crippen LogP contribution in [0, 0.1) is 5.92 Å². The summed E-state index contributed by atoms with van der Waals surface area (Å²) in [6.45, 7) is 5.93. The Morgan fingerprint density at radius 3 is 2.40 bits per heavy atom. The molecule has 3 heteroatoms. The summed E-state index contributed by atoms with van der Waals surface area (Å²) in [4.78, 5) is 11.5. The maximum atomic E-state index is 11.5. The molecule has 15 heavy (non-hydrogen) atoms. The second-order valence-corrected chi connectivity index (χ2v) is 5.09. The van der Waals surface area contributed by atoms with Gasteiger partial charge in [0.05, 0.1) is 7.11 Å². The van der Waals surface area contributed by atoms with Crippen molar-refractivity contribution < 1.29 is 9.53 Å². The van der Waals surface area contributed by atoms with Gasteiger partial charge in [0.25, 0.3) is 0 Å². The van der Waals surface area contributed by atoms with Crippen molar-refractivity contribution in [1.29, 1.82) is 0 Å². The average molecular weight is 213 g/mol. The molecule has 1 aliphatic rings. The molecule has 0 aromatic rings. The zero-order valence-electron chi connectivity index (χ0n) is 10.3. The number of hydrogen-bond donors (Lipinski definition) is 1. The molecule has 0 aliphatic heterocycles. The number of methoxy groups -OCH3 is 1. The molecule has 1 unspecified atom stereocenters. The van der Waals surface area contributed by atoms with Crippen molar-refractivity contribution in [3.05, 3.63) is 0 Å². The molecular formula is C12H23NO2. The predicted octanol–water partition coefficient (Wildman–Crippen LogP) is 2.11. The summed E-state index contributed by atoms with van der Waals surface area (Å²) in [7, 11) is 1.44. The van der Waals surface area contributed by atoms with Crippen LogP contribution in [0.4, 0.5) is 0 Å². The lowest BCUT2D eigenvalue weighted by Crippen LogP contribution is -2.53. The Kier molecular flexibility index (Phi) is 4.14. The van der Waals surface area contributed by atoms with Crippen LogP contribution in [0.15, 0.2) is 0 Å². The molecule has 0 saturated heterocycles. The van der Waals surface area contributed by atoms with Crippen LogP contribution in [0.1, 0.15) is 46.5 Å². The molecule has 1 atom stereocenters. The standard InChI is InChI=1S/C12H23NO2/c1-9(10-7-5-6-8-10)13-12(2,3)11(14)15-4/h9-10,13H,5-8H2,1-4H3. The zero-order valence-corrected chi connectivity index (χ0v) is 10.3. The van der Waals surface area contributed by atoms with E-state index in [1.807, 2.05) is 13.8 Å². The first kappa shape index (κ1) is 12.5. The second-order valence-electron chi connectivity index (χ2n) is 5.09. The maximum Gasteiger partial charge on any atom is 0.325 e. The average Bonchev–Trinajstić information content (AvgIpc) is 2.68. The van der Waals surface area contributed by atoms with Crippen LogP contribution in [0.2, 0.25) is 0 Å². The van der Waals surface area contributed by atoms with Crippen LogP contribution in [-0.4, -0.2) is 24.7 Å². The lowest BCUT2D eigenvalue weighted by atomic mass is 9.95. The van der Waals surface area contributed by atoms with Gasteiger partial charge in [-0.25, -0.2) is 0 Å². The highest BCUT2D eigenvalue weighted by atomic mass is 16.5. The van der Waals surface area contributed by atoms with Crippen molar-refractivity contribution in [3.63, 3.8) is 0 Å². The number of esters is 1. The largest absolute Gasteiger partial charge is 0.468 e. The van der Waals surface area contributed by atoms with E-state index in [0.717, 1.165) is 0 Å². The van der Waals surface area contributed by atoms with Gasteiger partial charge >= 0.3 is 5.97 Å². The van der Waals surface area contributed by atoms with Gasteiger partial charge in [0.15, 0.2) is 0 Å². The Morgan fingerprint density at radius 2 is 1.93 bits per heavy atom. The zero-order chi connectivity index (χ0) is 11.5. The maximum absolute atomic E-state index is 11.5. The van der Waals surface area contributed by atoms with E-state index < -0.39 is 5.54 Å². The van der Waals surface area contributed by atoms with Gasteiger partial charge in [-0.15, -0.1) is 0 Å². The lowest BCUT2D eigenvalue weighted by molar-refractivity contribution is -0.147. The van der Waals surface area contributed by atoms with Crippen LogP contribution < -0.4 is 5.32 Å². The molecule has 0 aromatic carbocycles. The number of nitrogens with one attached hydrogen (secondary N) is 1. The first-order valence-electron chi connectivity index (χ1n) is 5.83. The van der Waals surface area contributed by atoms with Crippen LogP contribution in [0.5, 0.6) is 0 Å². The summed E-state index contributed by atoms with van der Waals surface area (Å²) in [6.07, 6.45) is 5.22. The summed E-state index contributed by atoms with van der Waals surface area (Å²) < 4.78 is 4.78. The molecule has 0 spiro atoms. The summed E-state index contributed by atoms with van der Waals surface area (Å²) in [6, 6.07) is 0.390. The third-order valence-corrected chi connectivity index (χ3v) is 3.39. The molecule has 0 heterocycles. The molecular weight excluding hydrogens is 190 g/mol. The van der Waals surface area contributed by atoms with Gasteiger partial charge in [-0.2, -0.15) is 0 Å². The van der Waals surface area contributed by atoms with Crippen molar-refractivity contribution in [2.45, 2.75) is 58.0 Å². The number of carbonyl (C=O) groups excluding carboxylic acids is 1. The van der Waals surface area contributed by atoms with E-state index in [1.165, 1.54) is 32.8 Å². The molecule has 1 saturated carbocycles. The minimum atomic E-state index is -0.573. The highest BCUT2D eigenvalue weighted by Crippen LogP contribution is 2.28. The van der Waals surface area contributed by atoms with E-state index in [9.17, 15) is 4.79 Å². The quantitative estimate of drug-likeness (QED) is 0.727. The normalized spacial score (nSPS) is 20.3. The Balaban J connectivity index is 2.48. The van der Waals surface area contributed by atoms with Crippen molar-refractivity contribution in [2.24, 2.45) is 5.92 Å². The Bertz CT molecular complexity index is 220. The van der Waals surface area contributed by atoms with Gasteiger partial charge in [-0.05, 0) is 39.5 Å². The minimum Gasteiger partial charge on any atom is -0.468 e. The summed E-state index contributed by atoms with van der Waals surface area (Å²) in [5, 5.41) is 3.37. The third-order valence-electron chi connectivity index (χ3n) is 3.39. The topological polar surface area (TPSA) is 38.3 Å². The molecule has 1 fully saturated rings. The smallest absolute Gasteiger partial charge is 0.325 e. The molecule has 1 aliphatic carbocycles. The van der Waals surface area contributed by atoms with E-state index in [4.69, 9.17) is 4.74 Å². The molecule has 1 N–H and O–H groups in total. The third kappa shape index (κ3) is 3.20. The van der Waals surface area contributed by atoms with Gasteiger partial charge in [-0.3, -0.25) is 10.1 Å². The van der Waals surface area contributed by atoms with Crippen LogP contribution in [0.25, 0.3) is 0 Å². The summed E-state index contributed by atoms with van der Waals surface area (Å²) in [5.41, 5.74) is -0.573. The Hall–Kier alpha value is -0.570. The molecule has 0 bridgehead atoms. The van der Waals surface area contributed by atoms with E-state index in [0.29, 0.717) is 12.0 Å². The molecule has 0 radical (unpaired) electrons. The fourth-order valence-electron chi connectivity index (χ4n) is 2.46. The van der Waals surface area contributed by atoms with E-state index in [2.05, 4.69) is 12.2 Å². The summed E-state index contributed by atoms with van der Waals surface area (Å²) in [5.74, 6) is 0.529. The fraction of sp³-hybridized carbons (Fsp3) is 0.917. The Morgan fingerprint density at radius 1 is 1.40 bits per heavy atom. The van der Waals surface area contributed by atoms with Gasteiger partial charge in [0.2, 0.25) is 0 Å². The molecule has 0 amide bonds. The van der Waals surface area contributed by atoms with Crippen molar-refractivity contribution in [2.75, 3.05) is 7.11 Å². The predicted molar refractivity (Wildman–Crippen MR) is 60.7 cm³/mol. The van der Waals surface area contributed by atoms with Crippen molar-refractivity contribution in [3.8, 4) is 0 Å². The number of ether oxygens (including phenoxy) is 1. The minimum absolute atomic E-state index is 0.188. The van der Waals surface area contributed by atoms with Gasteiger partial charge < -0.3 is 4.74 Å². The van der Waals surface area contributed by atoms with Crippen molar-refractivity contribution >= 4 is 5.97 Å². The molecule has 3 nitrogen and oxygen atoms in total. The number of carbonyl (C=O) groups is 1. The van der Waals surface area contributed by atoms with Gasteiger partial charge in [0, 0.05) is 6.04 Å². The fourth-order valence-corrected chi connectivity index (χ4v) is 2.46. The van der Waals surface area contributed by atoms with Gasteiger partial charge in [0.1, 0.15) is 5.54 Å². The Labute approximate surface area is 92.6 Å². The van der Waals surface area contributed by atoms with Crippen LogP contribution in [0.3, 0.4) is 0 Å². The molecule has 88 valence electrons. The van der Waals surface area contributed by atoms with E-state index >= 15 is 0 Å². The monoisotopic (exact) mass is 213 g/mol. The highest BCUT2D eigenvalue weighted by Gasteiger charge is 2.32. The first-order valence-corrected chi connectivity index (χ1v) is 5.83. The van der Waals surface area contributed by atoms with Crippen LogP contribution >= 0.6 is 0 Å². The number of rotatable bonds is 4. The SMILES string of the molecule is COC(=O)C(C)(C)NC(C)C1CCCC1. The van der Waals surface area contributed by atoms with Crippen molar-refractivity contribution in [1.82, 2.24) is 5.32 Å².